The smallest absolute Gasteiger partial charge is 0.255 e. The van der Waals surface area contributed by atoms with E-state index in [1.807, 2.05) is 61.7 Å². The normalized spacial score (nSPS) is 10.6. The second kappa shape index (κ2) is 6.34. The summed E-state index contributed by atoms with van der Waals surface area (Å²) in [5.74, 6) is -0.103. The number of aryl methyl sites for hydroxylation is 3. The molecule has 1 heterocycles. The van der Waals surface area contributed by atoms with Crippen molar-refractivity contribution in [2.45, 2.75) is 20.8 Å². The standard InChI is InChI=1S/C19H18N2OS/c1-12-4-9-17(10-13(12)2)21-19(22)16-7-5-15(6-8-16)18-11-23-14(3)20-18/h4-11H,1-3H3,(H,21,22). The van der Waals surface area contributed by atoms with Gasteiger partial charge in [-0.05, 0) is 56.2 Å². The summed E-state index contributed by atoms with van der Waals surface area (Å²) in [5, 5.41) is 6.00. The summed E-state index contributed by atoms with van der Waals surface area (Å²) >= 11 is 1.62. The predicted molar refractivity (Wildman–Crippen MR) is 96.2 cm³/mol. The molecule has 0 aliphatic rings. The fourth-order valence-corrected chi connectivity index (χ4v) is 2.93. The van der Waals surface area contributed by atoms with E-state index in [0.717, 1.165) is 27.5 Å². The molecule has 116 valence electrons. The van der Waals surface area contributed by atoms with Crippen LogP contribution in [0.2, 0.25) is 0 Å². The van der Waals surface area contributed by atoms with Crippen LogP contribution in [0.5, 0.6) is 0 Å². The van der Waals surface area contributed by atoms with Gasteiger partial charge in [-0.2, -0.15) is 0 Å². The third kappa shape index (κ3) is 3.48. The van der Waals surface area contributed by atoms with Crippen LogP contribution in [0.25, 0.3) is 11.3 Å². The van der Waals surface area contributed by atoms with Crippen LogP contribution in [0, 0.1) is 20.8 Å². The molecule has 0 spiro atoms. The lowest BCUT2D eigenvalue weighted by Gasteiger charge is -2.08. The molecular formula is C19H18N2OS. The number of anilines is 1. The van der Waals surface area contributed by atoms with E-state index in [0.29, 0.717) is 5.56 Å². The van der Waals surface area contributed by atoms with Gasteiger partial charge in [0.05, 0.1) is 10.7 Å². The Balaban J connectivity index is 1.76. The number of rotatable bonds is 3. The summed E-state index contributed by atoms with van der Waals surface area (Å²) in [6.45, 7) is 6.08. The minimum absolute atomic E-state index is 0.103. The summed E-state index contributed by atoms with van der Waals surface area (Å²) in [5.41, 5.74) is 5.81. The van der Waals surface area contributed by atoms with Crippen LogP contribution in [0.4, 0.5) is 5.69 Å². The molecule has 0 atom stereocenters. The highest BCUT2D eigenvalue weighted by Gasteiger charge is 2.08. The van der Waals surface area contributed by atoms with Crippen molar-refractivity contribution in [3.63, 3.8) is 0 Å². The van der Waals surface area contributed by atoms with Crippen LogP contribution in [-0.4, -0.2) is 10.9 Å². The van der Waals surface area contributed by atoms with Gasteiger partial charge in [-0.1, -0.05) is 18.2 Å². The second-order valence-electron chi connectivity index (χ2n) is 5.58. The molecular weight excluding hydrogens is 304 g/mol. The number of nitrogens with one attached hydrogen (secondary N) is 1. The maximum Gasteiger partial charge on any atom is 0.255 e. The third-order valence-corrected chi connectivity index (χ3v) is 4.60. The molecule has 0 aliphatic heterocycles. The number of aromatic nitrogens is 1. The SMILES string of the molecule is Cc1nc(-c2ccc(C(=O)Nc3ccc(C)c(C)c3)cc2)cs1. The molecule has 0 fully saturated rings. The molecule has 0 bridgehead atoms. The van der Waals surface area contributed by atoms with Gasteiger partial charge in [-0.15, -0.1) is 11.3 Å². The van der Waals surface area contributed by atoms with Crippen LogP contribution >= 0.6 is 11.3 Å². The second-order valence-corrected chi connectivity index (χ2v) is 6.64. The molecule has 0 saturated carbocycles. The first-order valence-electron chi connectivity index (χ1n) is 7.44. The number of carbonyl (C=O) groups is 1. The van der Waals surface area contributed by atoms with Crippen LogP contribution < -0.4 is 5.32 Å². The Morgan fingerprint density at radius 2 is 1.74 bits per heavy atom. The number of carbonyl (C=O) groups excluding carboxylic acids is 1. The van der Waals surface area contributed by atoms with Gasteiger partial charge in [-0.3, -0.25) is 4.79 Å². The van der Waals surface area contributed by atoms with E-state index in [9.17, 15) is 4.79 Å². The predicted octanol–water partition coefficient (Wildman–Crippen LogP) is 4.99. The Hall–Kier alpha value is -2.46. The minimum atomic E-state index is -0.103. The average Bonchev–Trinajstić information content (AvgIpc) is 2.97. The highest BCUT2D eigenvalue weighted by molar-refractivity contribution is 7.09. The summed E-state index contributed by atoms with van der Waals surface area (Å²) in [4.78, 5) is 16.8. The fraction of sp³-hybridized carbons (Fsp3) is 0.158. The molecule has 4 heteroatoms. The molecule has 1 amide bonds. The van der Waals surface area contributed by atoms with Crippen molar-refractivity contribution in [1.82, 2.24) is 4.98 Å². The van der Waals surface area contributed by atoms with E-state index < -0.39 is 0 Å². The lowest BCUT2D eigenvalue weighted by atomic mass is 10.1. The van der Waals surface area contributed by atoms with Crippen molar-refractivity contribution in [2.75, 3.05) is 5.32 Å². The lowest BCUT2D eigenvalue weighted by Crippen LogP contribution is -2.11. The van der Waals surface area contributed by atoms with Gasteiger partial charge in [0.25, 0.3) is 5.91 Å². The van der Waals surface area contributed by atoms with Gasteiger partial charge < -0.3 is 5.32 Å². The monoisotopic (exact) mass is 322 g/mol. The van der Waals surface area contributed by atoms with E-state index in [1.54, 1.807) is 11.3 Å². The fourth-order valence-electron chi connectivity index (χ4n) is 2.31. The van der Waals surface area contributed by atoms with E-state index in [-0.39, 0.29) is 5.91 Å². The Morgan fingerprint density at radius 1 is 1.00 bits per heavy atom. The zero-order valence-corrected chi connectivity index (χ0v) is 14.2. The van der Waals surface area contributed by atoms with Gasteiger partial charge in [0, 0.05) is 22.2 Å². The number of hydrogen-bond acceptors (Lipinski definition) is 3. The van der Waals surface area contributed by atoms with Crippen molar-refractivity contribution >= 4 is 22.9 Å². The largest absolute Gasteiger partial charge is 0.322 e. The maximum absolute atomic E-state index is 12.3. The molecule has 0 radical (unpaired) electrons. The van der Waals surface area contributed by atoms with E-state index >= 15 is 0 Å². The van der Waals surface area contributed by atoms with Crippen molar-refractivity contribution in [3.05, 3.63) is 69.5 Å². The molecule has 23 heavy (non-hydrogen) atoms. The molecule has 1 N–H and O–H groups in total. The Labute approximate surface area is 140 Å². The Kier molecular flexibility index (Phi) is 4.26. The van der Waals surface area contributed by atoms with Crippen molar-refractivity contribution < 1.29 is 4.79 Å². The lowest BCUT2D eigenvalue weighted by molar-refractivity contribution is 0.102. The molecule has 1 aromatic heterocycles. The van der Waals surface area contributed by atoms with Crippen molar-refractivity contribution in [3.8, 4) is 11.3 Å². The summed E-state index contributed by atoms with van der Waals surface area (Å²) in [7, 11) is 0. The van der Waals surface area contributed by atoms with Gasteiger partial charge >= 0.3 is 0 Å². The first kappa shape index (κ1) is 15.4. The molecule has 0 saturated heterocycles. The first-order valence-corrected chi connectivity index (χ1v) is 8.32. The van der Waals surface area contributed by atoms with E-state index in [2.05, 4.69) is 17.2 Å². The molecule has 3 nitrogen and oxygen atoms in total. The Bertz CT molecular complexity index is 850. The number of thiazole rings is 1. The van der Waals surface area contributed by atoms with E-state index in [4.69, 9.17) is 0 Å². The van der Waals surface area contributed by atoms with Crippen LogP contribution in [0.1, 0.15) is 26.5 Å². The quantitative estimate of drug-likeness (QED) is 0.738. The molecule has 2 aromatic carbocycles. The van der Waals surface area contributed by atoms with E-state index in [1.165, 1.54) is 5.56 Å². The highest BCUT2D eigenvalue weighted by atomic mass is 32.1. The first-order chi connectivity index (χ1) is 11.0. The van der Waals surface area contributed by atoms with Crippen LogP contribution in [-0.2, 0) is 0 Å². The van der Waals surface area contributed by atoms with Crippen molar-refractivity contribution in [1.29, 1.82) is 0 Å². The van der Waals surface area contributed by atoms with Crippen LogP contribution in [0.15, 0.2) is 47.8 Å². The number of nitrogens with zero attached hydrogens (tertiary/aromatic N) is 1. The zero-order chi connectivity index (χ0) is 16.4. The minimum Gasteiger partial charge on any atom is -0.322 e. The molecule has 0 unspecified atom stereocenters. The molecule has 3 rings (SSSR count). The number of amides is 1. The van der Waals surface area contributed by atoms with Gasteiger partial charge in [0.15, 0.2) is 0 Å². The van der Waals surface area contributed by atoms with Gasteiger partial charge in [-0.25, -0.2) is 4.98 Å². The average molecular weight is 322 g/mol. The highest BCUT2D eigenvalue weighted by Crippen LogP contribution is 2.22. The number of hydrogen-bond donors (Lipinski definition) is 1. The summed E-state index contributed by atoms with van der Waals surface area (Å²) < 4.78 is 0. The molecule has 0 aliphatic carbocycles. The topological polar surface area (TPSA) is 42.0 Å². The van der Waals surface area contributed by atoms with Gasteiger partial charge in [0.1, 0.15) is 0 Å². The van der Waals surface area contributed by atoms with Gasteiger partial charge in [0.2, 0.25) is 0 Å². The summed E-state index contributed by atoms with van der Waals surface area (Å²) in [6.07, 6.45) is 0. The summed E-state index contributed by atoms with van der Waals surface area (Å²) in [6, 6.07) is 13.5. The number of benzene rings is 2. The third-order valence-electron chi connectivity index (χ3n) is 3.83. The molecule has 3 aromatic rings. The van der Waals surface area contributed by atoms with Crippen molar-refractivity contribution in [2.24, 2.45) is 0 Å². The maximum atomic E-state index is 12.3. The zero-order valence-electron chi connectivity index (χ0n) is 13.4. The Morgan fingerprint density at radius 3 is 2.35 bits per heavy atom. The van der Waals surface area contributed by atoms with Crippen LogP contribution in [0.3, 0.4) is 0 Å².